The summed E-state index contributed by atoms with van der Waals surface area (Å²) in [6.07, 6.45) is 16.9. The minimum Gasteiger partial charge on any atom is -0.460 e. The normalized spacial score (nSPS) is 30.9. The number of likely N-dealkylation sites (tertiary alicyclic amines) is 1. The number of nitrogens with zero attached hydrogens (tertiary/aromatic N) is 1. The first kappa shape index (κ1) is 50.3. The van der Waals surface area contributed by atoms with E-state index in [0.717, 1.165) is 63.4 Å². The lowest BCUT2D eigenvalue weighted by Crippen LogP contribution is -2.51. The second-order valence-corrected chi connectivity index (χ2v) is 22.2. The predicted molar refractivity (Wildman–Crippen MR) is 253 cm³/mol. The number of unbranched alkanes of at least 4 members (excludes halogenated alkanes) is 4. The van der Waals surface area contributed by atoms with Crippen LogP contribution in [-0.2, 0) is 38.1 Å². The molecular formula is C54H80N2O10. The van der Waals surface area contributed by atoms with E-state index in [4.69, 9.17) is 23.7 Å². The molecule has 366 valence electrons. The van der Waals surface area contributed by atoms with E-state index in [-0.39, 0.29) is 43.3 Å². The maximum absolute atomic E-state index is 14.6. The van der Waals surface area contributed by atoms with Crippen LogP contribution in [-0.4, -0.2) is 100 Å². The first-order valence-corrected chi connectivity index (χ1v) is 25.6. The van der Waals surface area contributed by atoms with Crippen LogP contribution in [0.25, 0.3) is 6.08 Å². The molecule has 66 heavy (non-hydrogen) atoms. The number of fused-ring (bicyclic) bond motifs is 3. The fourth-order valence-corrected chi connectivity index (χ4v) is 11.6. The van der Waals surface area contributed by atoms with E-state index in [0.29, 0.717) is 66.7 Å². The van der Waals surface area contributed by atoms with Crippen LogP contribution < -0.4 is 5.32 Å². The third kappa shape index (κ3) is 12.0. The topological polar surface area (TPSA) is 153 Å². The molecule has 6 aliphatic rings. The molecule has 1 aromatic rings. The fourth-order valence-electron chi connectivity index (χ4n) is 11.6. The van der Waals surface area contributed by atoms with Gasteiger partial charge in [0.15, 0.2) is 5.79 Å². The number of aliphatic hydroxyl groups is 1. The molecule has 5 fully saturated rings. The first-order valence-electron chi connectivity index (χ1n) is 25.6. The first-order chi connectivity index (χ1) is 31.4. The van der Waals surface area contributed by atoms with Crippen LogP contribution in [0, 0.1) is 17.3 Å². The molecule has 0 aromatic heterocycles. The fraction of sp³-hybridized carbons (Fsp3) is 0.741. The largest absolute Gasteiger partial charge is 0.460 e. The highest BCUT2D eigenvalue weighted by atomic mass is 16.8. The zero-order valence-electron chi connectivity index (χ0n) is 41.3. The molecule has 3 aliphatic carbocycles. The van der Waals surface area contributed by atoms with Gasteiger partial charge in [-0.3, -0.25) is 14.4 Å². The van der Waals surface area contributed by atoms with E-state index in [1.807, 2.05) is 30.3 Å². The van der Waals surface area contributed by atoms with E-state index in [1.165, 1.54) is 18.4 Å². The van der Waals surface area contributed by atoms with Gasteiger partial charge in [-0.25, -0.2) is 4.79 Å². The van der Waals surface area contributed by atoms with Crippen molar-refractivity contribution in [3.8, 4) is 0 Å². The second kappa shape index (κ2) is 21.0. The Kier molecular flexibility index (Phi) is 16.0. The maximum atomic E-state index is 14.6. The average molecular weight is 917 g/mol. The molecule has 9 unspecified atom stereocenters. The Morgan fingerprint density at radius 1 is 0.955 bits per heavy atom. The number of ether oxygens (including phenoxy) is 5. The standard InChI is InChI=1S/C54H80N2O10/c1-9-11-13-26-54(27-14-12-10-2)63-44-32-38(49(60)56-29-15-16-42(56)48(59)55-39(34-57)22-24-46(58)65-51(3,4)5)31-43(47(44)66-54)62-50(61)36-19-17-35(18-20-36)30-37-21-23-45-53(8,64-45)28-25-41-40(37)33-52(41,6)7/h17-20,30,32,39-45,47,57H,9-16,21-29,31,33-34H2,1-8H3,(H,55,59). The highest BCUT2D eigenvalue weighted by molar-refractivity contribution is 5.98. The summed E-state index contributed by atoms with van der Waals surface area (Å²) in [6, 6.07) is 6.24. The van der Waals surface area contributed by atoms with Crippen molar-refractivity contribution < 1.29 is 48.0 Å². The van der Waals surface area contributed by atoms with Crippen molar-refractivity contribution in [2.45, 2.75) is 224 Å². The minimum atomic E-state index is -0.863. The van der Waals surface area contributed by atoms with Gasteiger partial charge < -0.3 is 39.0 Å². The summed E-state index contributed by atoms with van der Waals surface area (Å²) in [4.78, 5) is 56.5. The Hall–Kier alpha value is -3.58. The van der Waals surface area contributed by atoms with E-state index in [9.17, 15) is 24.3 Å². The lowest BCUT2D eigenvalue weighted by molar-refractivity contribution is -0.190. The van der Waals surface area contributed by atoms with Crippen molar-refractivity contribution in [2.75, 3.05) is 13.2 Å². The SMILES string of the molecule is CCCCCC1(CCCCC)OC2C=C(C(=O)N3CCCC3C(=O)NC(CO)CCC(=O)OC(C)(C)C)CC(OC(=O)c3ccc(C=C4CCC5OC5(C)CCC5C4CC5(C)C)cc3)C2O1. The number of rotatable bonds is 18. The van der Waals surface area contributed by atoms with Gasteiger partial charge in [0, 0.05) is 37.8 Å². The number of nitrogens with one attached hydrogen (secondary N) is 1. The Balaban J connectivity index is 1.07. The quantitative estimate of drug-likeness (QED) is 0.0827. The smallest absolute Gasteiger partial charge is 0.338 e. The van der Waals surface area contributed by atoms with E-state index in [1.54, 1.807) is 25.7 Å². The predicted octanol–water partition coefficient (Wildman–Crippen LogP) is 9.55. The third-order valence-corrected chi connectivity index (χ3v) is 15.4. The lowest BCUT2D eigenvalue weighted by Gasteiger charge is -2.53. The van der Waals surface area contributed by atoms with Gasteiger partial charge >= 0.3 is 11.9 Å². The molecule has 12 heteroatoms. The highest BCUT2D eigenvalue weighted by Crippen LogP contribution is 2.60. The van der Waals surface area contributed by atoms with Crippen LogP contribution in [0.1, 0.15) is 187 Å². The number of hydrogen-bond acceptors (Lipinski definition) is 10. The minimum absolute atomic E-state index is 0.0293. The molecule has 3 aliphatic heterocycles. The average Bonchev–Trinajstić information content (AvgIpc) is 3.54. The number of aliphatic hydroxyl groups excluding tert-OH is 1. The van der Waals surface area contributed by atoms with Crippen molar-refractivity contribution in [1.82, 2.24) is 10.2 Å². The molecule has 7 rings (SSSR count). The zero-order chi connectivity index (χ0) is 47.4. The van der Waals surface area contributed by atoms with Crippen molar-refractivity contribution >= 4 is 29.8 Å². The van der Waals surface area contributed by atoms with Crippen LogP contribution in [0.4, 0.5) is 0 Å². The molecule has 9 atom stereocenters. The van der Waals surface area contributed by atoms with E-state index < -0.39 is 53.7 Å². The Bertz CT molecular complexity index is 1940. The third-order valence-electron chi connectivity index (χ3n) is 15.4. The van der Waals surface area contributed by atoms with Crippen LogP contribution in [0.15, 0.2) is 41.5 Å². The molecule has 3 heterocycles. The number of esters is 2. The summed E-state index contributed by atoms with van der Waals surface area (Å²) >= 11 is 0. The van der Waals surface area contributed by atoms with Gasteiger partial charge in [0.25, 0.3) is 0 Å². The van der Waals surface area contributed by atoms with E-state index in [2.05, 4.69) is 46.0 Å². The van der Waals surface area contributed by atoms with Crippen LogP contribution in [0.2, 0.25) is 0 Å². The van der Waals surface area contributed by atoms with Gasteiger partial charge in [0.2, 0.25) is 11.8 Å². The van der Waals surface area contributed by atoms with Gasteiger partial charge in [-0.05, 0) is 133 Å². The van der Waals surface area contributed by atoms with Gasteiger partial charge in [-0.15, -0.1) is 0 Å². The number of hydrogen-bond donors (Lipinski definition) is 2. The summed E-state index contributed by atoms with van der Waals surface area (Å²) < 4.78 is 31.8. The number of benzene rings is 1. The van der Waals surface area contributed by atoms with Crippen LogP contribution in [0.3, 0.4) is 0 Å². The molecule has 3 saturated heterocycles. The number of epoxide rings is 1. The van der Waals surface area contributed by atoms with Crippen molar-refractivity contribution in [3.05, 3.63) is 52.6 Å². The molecule has 2 N–H and O–H groups in total. The molecule has 0 spiro atoms. The van der Waals surface area contributed by atoms with Gasteiger partial charge in [-0.2, -0.15) is 0 Å². The monoisotopic (exact) mass is 917 g/mol. The van der Waals surface area contributed by atoms with Crippen LogP contribution >= 0.6 is 0 Å². The zero-order valence-corrected chi connectivity index (χ0v) is 41.3. The van der Waals surface area contributed by atoms with Gasteiger partial charge in [-0.1, -0.05) is 77.2 Å². The number of carbonyl (C=O) groups excluding carboxylic acids is 4. The molecule has 2 saturated carbocycles. The number of amides is 2. The Morgan fingerprint density at radius 2 is 1.67 bits per heavy atom. The summed E-state index contributed by atoms with van der Waals surface area (Å²) in [5.41, 5.74) is 3.09. The summed E-state index contributed by atoms with van der Waals surface area (Å²) in [5, 5.41) is 13.0. The van der Waals surface area contributed by atoms with Gasteiger partial charge in [0.1, 0.15) is 30.0 Å². The summed E-state index contributed by atoms with van der Waals surface area (Å²) in [5.74, 6) is -1.25. The molecule has 0 bridgehead atoms. The van der Waals surface area contributed by atoms with Crippen LogP contribution in [0.5, 0.6) is 0 Å². The Labute approximate surface area is 394 Å². The second-order valence-electron chi connectivity index (χ2n) is 22.2. The molecule has 1 aromatic carbocycles. The van der Waals surface area contributed by atoms with Crippen molar-refractivity contribution in [3.63, 3.8) is 0 Å². The van der Waals surface area contributed by atoms with Crippen molar-refractivity contribution in [1.29, 1.82) is 0 Å². The van der Waals surface area contributed by atoms with Gasteiger partial charge in [0.05, 0.1) is 29.9 Å². The maximum Gasteiger partial charge on any atom is 0.338 e. The molecule has 0 radical (unpaired) electrons. The Morgan fingerprint density at radius 3 is 2.32 bits per heavy atom. The molecule has 2 amide bonds. The molecule has 12 nitrogen and oxygen atoms in total. The lowest BCUT2D eigenvalue weighted by atomic mass is 9.52. The summed E-state index contributed by atoms with van der Waals surface area (Å²) in [7, 11) is 0. The number of carbonyl (C=O) groups is 4. The van der Waals surface area contributed by atoms with E-state index >= 15 is 0 Å². The number of allylic oxidation sites excluding steroid dienone is 1. The summed E-state index contributed by atoms with van der Waals surface area (Å²) in [6.45, 7) is 16.8. The highest BCUT2D eigenvalue weighted by Gasteiger charge is 2.56. The molecular weight excluding hydrogens is 837 g/mol. The van der Waals surface area contributed by atoms with Crippen molar-refractivity contribution in [2.24, 2.45) is 17.3 Å².